The Bertz CT molecular complexity index is 638. The van der Waals surface area contributed by atoms with Crippen LogP contribution in [0.2, 0.25) is 0 Å². The van der Waals surface area contributed by atoms with Gasteiger partial charge >= 0.3 is 0 Å². The Morgan fingerprint density at radius 3 is 2.22 bits per heavy atom. The molecule has 1 saturated heterocycles. The maximum Gasteiger partial charge on any atom is 0.0802 e. The van der Waals surface area contributed by atoms with Gasteiger partial charge in [0.1, 0.15) is 0 Å². The van der Waals surface area contributed by atoms with Crippen LogP contribution in [0, 0.1) is 11.8 Å². The Morgan fingerprint density at radius 2 is 1.57 bits per heavy atom. The molecular formula is C19H23NO2S. The number of hydrogen-bond acceptors (Lipinski definition) is 4. The zero-order valence-corrected chi connectivity index (χ0v) is 14.0. The van der Waals surface area contributed by atoms with Gasteiger partial charge in [-0.15, -0.1) is 11.3 Å². The van der Waals surface area contributed by atoms with E-state index in [0.29, 0.717) is 11.8 Å². The molecule has 1 aliphatic carbocycles. The number of likely N-dealkylation sites (tertiary alicyclic amines) is 1. The molecule has 2 N–H and O–H groups in total. The zero-order chi connectivity index (χ0) is 15.8. The first-order chi connectivity index (χ1) is 11.2. The van der Waals surface area contributed by atoms with Gasteiger partial charge in [0.15, 0.2) is 0 Å². The van der Waals surface area contributed by atoms with E-state index in [9.17, 15) is 10.2 Å². The minimum atomic E-state index is -0.525. The van der Waals surface area contributed by atoms with Crippen LogP contribution in [0.1, 0.15) is 17.7 Å². The summed E-state index contributed by atoms with van der Waals surface area (Å²) >= 11 is 1.87. The van der Waals surface area contributed by atoms with Crippen molar-refractivity contribution < 1.29 is 10.2 Å². The molecule has 4 heteroatoms. The molecule has 3 nitrogen and oxygen atoms in total. The maximum absolute atomic E-state index is 9.86. The van der Waals surface area contributed by atoms with Gasteiger partial charge in [-0.3, -0.25) is 4.90 Å². The van der Waals surface area contributed by atoms with Crippen molar-refractivity contribution >= 4 is 11.3 Å². The summed E-state index contributed by atoms with van der Waals surface area (Å²) in [5.74, 6) is 1.09. The van der Waals surface area contributed by atoms with E-state index in [4.69, 9.17) is 0 Å². The van der Waals surface area contributed by atoms with E-state index < -0.39 is 12.2 Å². The van der Waals surface area contributed by atoms with Gasteiger partial charge in [-0.05, 0) is 42.4 Å². The van der Waals surface area contributed by atoms with Gasteiger partial charge < -0.3 is 10.2 Å². The Morgan fingerprint density at radius 1 is 0.913 bits per heavy atom. The lowest BCUT2D eigenvalue weighted by Gasteiger charge is -2.32. The summed E-state index contributed by atoms with van der Waals surface area (Å²) in [5, 5.41) is 19.7. The first kappa shape index (κ1) is 15.3. The SMILES string of the molecule is O[C@H]1C[C@@H]2CN(Cc3ccc(-c4ccccc4)s3)C[C@@H]2C[C@@H]1O. The third-order valence-corrected chi connectivity index (χ3v) is 6.40. The van der Waals surface area contributed by atoms with Crippen LogP contribution < -0.4 is 0 Å². The fourth-order valence-electron chi connectivity index (χ4n) is 4.07. The first-order valence-corrected chi connectivity index (χ1v) is 9.23. The highest BCUT2D eigenvalue weighted by Gasteiger charge is 2.40. The van der Waals surface area contributed by atoms with E-state index in [0.717, 1.165) is 32.5 Å². The predicted octanol–water partition coefficient (Wildman–Crippen LogP) is 2.98. The summed E-state index contributed by atoms with van der Waals surface area (Å²) < 4.78 is 0. The Labute approximate surface area is 141 Å². The van der Waals surface area contributed by atoms with Gasteiger partial charge in [0.05, 0.1) is 12.2 Å². The van der Waals surface area contributed by atoms with E-state index in [1.54, 1.807) is 0 Å². The minimum Gasteiger partial charge on any atom is -0.390 e. The third-order valence-electron chi connectivity index (χ3n) is 5.28. The van der Waals surface area contributed by atoms with E-state index in [1.807, 2.05) is 17.4 Å². The standard InChI is InChI=1S/C19H23NO2S/c21-17-8-14-10-20(11-15(14)9-18(17)22)12-16-6-7-19(23-16)13-4-2-1-3-5-13/h1-7,14-15,17-18,21-22H,8-12H2/t14-,15+,17-,18-/m0/s1. The van der Waals surface area contributed by atoms with Crippen molar-refractivity contribution in [3.63, 3.8) is 0 Å². The summed E-state index contributed by atoms with van der Waals surface area (Å²) in [5.41, 5.74) is 1.28. The molecule has 2 aromatic rings. The van der Waals surface area contributed by atoms with Gasteiger partial charge in [-0.2, -0.15) is 0 Å². The smallest absolute Gasteiger partial charge is 0.0802 e. The molecule has 23 heavy (non-hydrogen) atoms. The Hall–Kier alpha value is -1.20. The van der Waals surface area contributed by atoms with Crippen LogP contribution in [0.3, 0.4) is 0 Å². The van der Waals surface area contributed by atoms with Crippen LogP contribution in [0.4, 0.5) is 0 Å². The molecule has 2 heterocycles. The number of benzene rings is 1. The van der Waals surface area contributed by atoms with E-state index in [1.165, 1.54) is 15.3 Å². The van der Waals surface area contributed by atoms with Crippen molar-refractivity contribution in [2.45, 2.75) is 31.6 Å². The summed E-state index contributed by atoms with van der Waals surface area (Å²) in [4.78, 5) is 5.20. The second-order valence-electron chi connectivity index (χ2n) is 6.95. The van der Waals surface area contributed by atoms with Gasteiger partial charge in [0, 0.05) is 29.4 Å². The van der Waals surface area contributed by atoms with E-state index in [2.05, 4.69) is 41.3 Å². The lowest BCUT2D eigenvalue weighted by atomic mass is 9.79. The monoisotopic (exact) mass is 329 g/mol. The van der Waals surface area contributed by atoms with E-state index >= 15 is 0 Å². The largest absolute Gasteiger partial charge is 0.390 e. The average Bonchev–Trinajstić information content (AvgIpc) is 3.16. The molecule has 1 aromatic heterocycles. The molecule has 4 atom stereocenters. The molecule has 2 fully saturated rings. The number of aliphatic hydroxyl groups is 2. The molecule has 0 bridgehead atoms. The molecule has 0 radical (unpaired) electrons. The van der Waals surface area contributed by atoms with Crippen LogP contribution >= 0.6 is 11.3 Å². The van der Waals surface area contributed by atoms with Crippen LogP contribution in [-0.2, 0) is 6.54 Å². The molecule has 1 saturated carbocycles. The van der Waals surface area contributed by atoms with Crippen molar-refractivity contribution in [3.05, 3.63) is 47.3 Å². The zero-order valence-electron chi connectivity index (χ0n) is 13.1. The molecular weight excluding hydrogens is 306 g/mol. The quantitative estimate of drug-likeness (QED) is 0.910. The molecule has 1 aliphatic heterocycles. The Balaban J connectivity index is 1.41. The van der Waals surface area contributed by atoms with Crippen LogP contribution in [0.15, 0.2) is 42.5 Å². The van der Waals surface area contributed by atoms with Crippen molar-refractivity contribution in [2.75, 3.05) is 13.1 Å². The topological polar surface area (TPSA) is 43.7 Å². The third kappa shape index (κ3) is 3.22. The number of rotatable bonds is 3. The number of nitrogens with zero attached hydrogens (tertiary/aromatic N) is 1. The summed E-state index contributed by atoms with van der Waals surface area (Å²) in [6.45, 7) is 3.08. The van der Waals surface area contributed by atoms with Gasteiger partial charge in [0.25, 0.3) is 0 Å². The second kappa shape index (κ2) is 6.36. The van der Waals surface area contributed by atoms with Gasteiger partial charge in [-0.1, -0.05) is 30.3 Å². The molecule has 2 aliphatic rings. The minimum absolute atomic E-state index is 0.525. The van der Waals surface area contributed by atoms with Gasteiger partial charge in [-0.25, -0.2) is 0 Å². The van der Waals surface area contributed by atoms with Crippen molar-refractivity contribution in [1.29, 1.82) is 0 Å². The molecule has 0 unspecified atom stereocenters. The number of aliphatic hydroxyl groups excluding tert-OH is 2. The summed E-state index contributed by atoms with van der Waals surface area (Å²) in [7, 11) is 0. The fourth-order valence-corrected chi connectivity index (χ4v) is 5.13. The lowest BCUT2D eigenvalue weighted by Crippen LogP contribution is -2.38. The van der Waals surface area contributed by atoms with Crippen molar-refractivity contribution in [2.24, 2.45) is 11.8 Å². The van der Waals surface area contributed by atoms with Crippen LogP contribution in [0.5, 0.6) is 0 Å². The normalized spacial score (nSPS) is 31.2. The molecule has 0 spiro atoms. The van der Waals surface area contributed by atoms with E-state index in [-0.39, 0.29) is 0 Å². The summed E-state index contributed by atoms with van der Waals surface area (Å²) in [6, 6.07) is 15.0. The lowest BCUT2D eigenvalue weighted by molar-refractivity contribution is -0.0372. The summed E-state index contributed by atoms with van der Waals surface area (Å²) in [6.07, 6.45) is 0.453. The predicted molar refractivity (Wildman–Crippen MR) is 93.3 cm³/mol. The van der Waals surface area contributed by atoms with Crippen molar-refractivity contribution in [1.82, 2.24) is 4.90 Å². The highest BCUT2D eigenvalue weighted by Crippen LogP contribution is 2.38. The van der Waals surface area contributed by atoms with Crippen molar-refractivity contribution in [3.8, 4) is 10.4 Å². The first-order valence-electron chi connectivity index (χ1n) is 8.41. The highest BCUT2D eigenvalue weighted by atomic mass is 32.1. The second-order valence-corrected chi connectivity index (χ2v) is 8.12. The average molecular weight is 329 g/mol. The molecule has 0 amide bonds. The van der Waals surface area contributed by atoms with Crippen LogP contribution in [-0.4, -0.2) is 40.4 Å². The molecule has 122 valence electrons. The number of thiophene rings is 1. The van der Waals surface area contributed by atoms with Crippen LogP contribution in [0.25, 0.3) is 10.4 Å². The highest BCUT2D eigenvalue weighted by molar-refractivity contribution is 7.15. The number of hydrogen-bond donors (Lipinski definition) is 2. The number of fused-ring (bicyclic) bond motifs is 1. The molecule has 4 rings (SSSR count). The maximum atomic E-state index is 9.86. The Kier molecular flexibility index (Phi) is 4.24. The fraction of sp³-hybridized carbons (Fsp3) is 0.474. The molecule has 1 aromatic carbocycles. The van der Waals surface area contributed by atoms with Gasteiger partial charge in [0.2, 0.25) is 0 Å².